The summed E-state index contributed by atoms with van der Waals surface area (Å²) in [6.45, 7) is 7.27. The predicted molar refractivity (Wildman–Crippen MR) is 51.5 cm³/mol. The van der Waals surface area contributed by atoms with E-state index >= 15 is 0 Å². The van der Waals surface area contributed by atoms with Crippen LogP contribution in [0.1, 0.15) is 26.7 Å². The molecule has 3 heteroatoms. The number of hydrogen-bond acceptors (Lipinski definition) is 1. The highest BCUT2D eigenvalue weighted by Gasteiger charge is 2.45. The lowest BCUT2D eigenvalue weighted by Gasteiger charge is -2.30. The Balaban J connectivity index is 1.65. The van der Waals surface area contributed by atoms with Crippen LogP contribution in [0.2, 0.25) is 0 Å². The fourth-order valence-electron chi connectivity index (χ4n) is 1.77. The standard InChI is InChI=1S/C10H18N2O/c1-10(2)6-8(10)7-11-9(13)12-4-3-5-12/h8H,3-7H2,1-2H3,(H,11,13). The van der Waals surface area contributed by atoms with Crippen molar-refractivity contribution in [3.05, 3.63) is 0 Å². The van der Waals surface area contributed by atoms with Gasteiger partial charge in [-0.1, -0.05) is 13.8 Å². The fourth-order valence-corrected chi connectivity index (χ4v) is 1.77. The summed E-state index contributed by atoms with van der Waals surface area (Å²) in [5.74, 6) is 0.706. The largest absolute Gasteiger partial charge is 0.338 e. The lowest BCUT2D eigenvalue weighted by molar-refractivity contribution is 0.167. The molecule has 3 nitrogen and oxygen atoms in total. The molecule has 1 unspecified atom stereocenters. The molecule has 1 saturated carbocycles. The summed E-state index contributed by atoms with van der Waals surface area (Å²) < 4.78 is 0. The topological polar surface area (TPSA) is 32.3 Å². The van der Waals surface area contributed by atoms with Crippen molar-refractivity contribution in [2.24, 2.45) is 11.3 Å². The molecule has 1 aliphatic carbocycles. The number of carbonyl (C=O) groups is 1. The minimum Gasteiger partial charge on any atom is -0.338 e. The molecule has 2 aliphatic rings. The van der Waals surface area contributed by atoms with Crippen LogP contribution >= 0.6 is 0 Å². The van der Waals surface area contributed by atoms with E-state index in [1.807, 2.05) is 4.90 Å². The Kier molecular flexibility index (Phi) is 1.97. The molecule has 0 aromatic rings. The minimum absolute atomic E-state index is 0.133. The van der Waals surface area contributed by atoms with Gasteiger partial charge < -0.3 is 10.2 Å². The Labute approximate surface area is 79.5 Å². The van der Waals surface area contributed by atoms with Crippen molar-refractivity contribution in [1.29, 1.82) is 0 Å². The van der Waals surface area contributed by atoms with Gasteiger partial charge in [-0.05, 0) is 24.2 Å². The van der Waals surface area contributed by atoms with Crippen molar-refractivity contribution in [2.45, 2.75) is 26.7 Å². The van der Waals surface area contributed by atoms with Crippen LogP contribution in [-0.2, 0) is 0 Å². The summed E-state index contributed by atoms with van der Waals surface area (Å²) in [6, 6.07) is 0.133. The van der Waals surface area contributed by atoms with E-state index in [9.17, 15) is 4.79 Å². The van der Waals surface area contributed by atoms with Gasteiger partial charge in [-0.25, -0.2) is 4.79 Å². The van der Waals surface area contributed by atoms with Crippen molar-refractivity contribution in [1.82, 2.24) is 10.2 Å². The second-order valence-electron chi connectivity index (χ2n) is 4.92. The van der Waals surface area contributed by atoms with Crippen LogP contribution in [0.4, 0.5) is 4.79 Å². The SMILES string of the molecule is CC1(C)CC1CNC(=O)N1CCC1. The lowest BCUT2D eigenvalue weighted by Crippen LogP contribution is -2.48. The van der Waals surface area contributed by atoms with E-state index in [2.05, 4.69) is 19.2 Å². The third kappa shape index (κ3) is 1.79. The third-order valence-electron chi connectivity index (χ3n) is 3.36. The molecule has 0 aromatic heterocycles. The zero-order valence-corrected chi connectivity index (χ0v) is 8.47. The van der Waals surface area contributed by atoms with E-state index in [0.29, 0.717) is 11.3 Å². The first kappa shape index (κ1) is 8.85. The molecule has 1 atom stereocenters. The minimum atomic E-state index is 0.133. The number of hydrogen-bond donors (Lipinski definition) is 1. The highest BCUT2D eigenvalue weighted by molar-refractivity contribution is 5.74. The summed E-state index contributed by atoms with van der Waals surface area (Å²) in [7, 11) is 0. The van der Waals surface area contributed by atoms with E-state index in [-0.39, 0.29) is 6.03 Å². The molecular formula is C10H18N2O. The highest BCUT2D eigenvalue weighted by atomic mass is 16.2. The number of rotatable bonds is 2. The van der Waals surface area contributed by atoms with Gasteiger partial charge in [-0.15, -0.1) is 0 Å². The number of amides is 2. The van der Waals surface area contributed by atoms with Gasteiger partial charge >= 0.3 is 6.03 Å². The van der Waals surface area contributed by atoms with Crippen molar-refractivity contribution >= 4 is 6.03 Å². The van der Waals surface area contributed by atoms with E-state index in [4.69, 9.17) is 0 Å². The van der Waals surface area contributed by atoms with Gasteiger partial charge in [0.2, 0.25) is 0 Å². The quantitative estimate of drug-likeness (QED) is 0.688. The van der Waals surface area contributed by atoms with E-state index in [1.54, 1.807) is 0 Å². The van der Waals surface area contributed by atoms with Gasteiger partial charge in [0.15, 0.2) is 0 Å². The summed E-state index contributed by atoms with van der Waals surface area (Å²) in [6.07, 6.45) is 2.43. The Hall–Kier alpha value is -0.730. The normalized spacial score (nSPS) is 29.4. The second-order valence-corrected chi connectivity index (χ2v) is 4.92. The van der Waals surface area contributed by atoms with Crippen LogP contribution < -0.4 is 5.32 Å². The monoisotopic (exact) mass is 182 g/mol. The zero-order valence-electron chi connectivity index (χ0n) is 8.47. The summed E-state index contributed by atoms with van der Waals surface area (Å²) in [4.78, 5) is 13.3. The van der Waals surface area contributed by atoms with Gasteiger partial charge in [0.1, 0.15) is 0 Å². The predicted octanol–water partition coefficient (Wildman–Crippen LogP) is 1.45. The molecule has 74 valence electrons. The number of nitrogens with one attached hydrogen (secondary N) is 1. The first-order valence-electron chi connectivity index (χ1n) is 5.12. The molecule has 1 N–H and O–H groups in total. The van der Waals surface area contributed by atoms with Crippen LogP contribution in [0.15, 0.2) is 0 Å². The smallest absolute Gasteiger partial charge is 0.317 e. The Morgan fingerprint density at radius 1 is 1.54 bits per heavy atom. The molecule has 1 heterocycles. The van der Waals surface area contributed by atoms with E-state index in [1.165, 1.54) is 12.8 Å². The summed E-state index contributed by atoms with van der Waals surface area (Å²) >= 11 is 0. The molecule has 0 radical (unpaired) electrons. The molecule has 13 heavy (non-hydrogen) atoms. The van der Waals surface area contributed by atoms with Gasteiger partial charge in [-0.3, -0.25) is 0 Å². The third-order valence-corrected chi connectivity index (χ3v) is 3.36. The van der Waals surface area contributed by atoms with Crippen LogP contribution in [-0.4, -0.2) is 30.6 Å². The lowest BCUT2D eigenvalue weighted by atomic mass is 10.1. The average molecular weight is 182 g/mol. The Bertz CT molecular complexity index is 221. The summed E-state index contributed by atoms with van der Waals surface area (Å²) in [5, 5.41) is 2.99. The molecule has 0 aromatic carbocycles. The van der Waals surface area contributed by atoms with Crippen LogP contribution in [0.5, 0.6) is 0 Å². The first-order chi connectivity index (χ1) is 6.09. The molecule has 2 amide bonds. The van der Waals surface area contributed by atoms with Gasteiger partial charge in [0.05, 0.1) is 0 Å². The van der Waals surface area contributed by atoms with Crippen molar-refractivity contribution in [2.75, 3.05) is 19.6 Å². The number of carbonyl (C=O) groups excluding carboxylic acids is 1. The molecule has 0 spiro atoms. The molecule has 1 saturated heterocycles. The number of likely N-dealkylation sites (tertiary alicyclic amines) is 1. The highest BCUT2D eigenvalue weighted by Crippen LogP contribution is 2.50. The molecular weight excluding hydrogens is 164 g/mol. The maximum absolute atomic E-state index is 11.4. The molecule has 2 rings (SSSR count). The van der Waals surface area contributed by atoms with Crippen molar-refractivity contribution < 1.29 is 4.79 Å². The zero-order chi connectivity index (χ0) is 9.47. The van der Waals surface area contributed by atoms with Gasteiger partial charge in [0, 0.05) is 19.6 Å². The fraction of sp³-hybridized carbons (Fsp3) is 0.900. The van der Waals surface area contributed by atoms with Crippen molar-refractivity contribution in [3.63, 3.8) is 0 Å². The van der Waals surface area contributed by atoms with Gasteiger partial charge in [0.25, 0.3) is 0 Å². The van der Waals surface area contributed by atoms with E-state index in [0.717, 1.165) is 19.6 Å². The first-order valence-corrected chi connectivity index (χ1v) is 5.12. The molecule has 1 aliphatic heterocycles. The molecule has 0 bridgehead atoms. The second kappa shape index (κ2) is 2.89. The average Bonchev–Trinajstić information content (AvgIpc) is 2.51. The van der Waals surface area contributed by atoms with Crippen LogP contribution in [0.3, 0.4) is 0 Å². The van der Waals surface area contributed by atoms with Crippen LogP contribution in [0.25, 0.3) is 0 Å². The molecule has 2 fully saturated rings. The maximum Gasteiger partial charge on any atom is 0.317 e. The van der Waals surface area contributed by atoms with Gasteiger partial charge in [-0.2, -0.15) is 0 Å². The number of nitrogens with zero attached hydrogens (tertiary/aromatic N) is 1. The Morgan fingerprint density at radius 2 is 2.15 bits per heavy atom. The van der Waals surface area contributed by atoms with E-state index < -0.39 is 0 Å². The van der Waals surface area contributed by atoms with Crippen molar-refractivity contribution in [3.8, 4) is 0 Å². The summed E-state index contributed by atoms with van der Waals surface area (Å²) in [5.41, 5.74) is 0.474. The maximum atomic E-state index is 11.4. The number of urea groups is 1. The Morgan fingerprint density at radius 3 is 2.54 bits per heavy atom. The van der Waals surface area contributed by atoms with Crippen LogP contribution in [0, 0.1) is 11.3 Å².